The number of likely N-dealkylation sites (N-methyl/N-ethyl adjacent to an activating group) is 1. The maximum Gasteiger partial charge on any atom is 0.255 e. The molecule has 1 aromatic rings. The largest absolute Gasteiger partial charge is 0.508 e. The van der Waals surface area contributed by atoms with Crippen LogP contribution in [0.5, 0.6) is 5.75 Å². The minimum absolute atomic E-state index is 0.0368. The number of rotatable bonds is 3. The van der Waals surface area contributed by atoms with Gasteiger partial charge in [-0.25, -0.2) is 0 Å². The average molecular weight is 513 g/mol. The number of amides is 1. The third-order valence-corrected chi connectivity index (χ3v) is 7.91. The van der Waals surface area contributed by atoms with Gasteiger partial charge in [-0.3, -0.25) is 24.1 Å². The molecule has 0 spiro atoms. The van der Waals surface area contributed by atoms with Crippen LogP contribution in [-0.2, 0) is 26.2 Å². The highest BCUT2D eigenvalue weighted by Gasteiger charge is 2.64. The summed E-state index contributed by atoms with van der Waals surface area (Å²) in [6.45, 7) is 6.84. The molecule has 37 heavy (non-hydrogen) atoms. The van der Waals surface area contributed by atoms with Crippen LogP contribution in [0.1, 0.15) is 61.2 Å². The Hall–Kier alpha value is -3.50. The number of carbonyl (C=O) groups excluding carboxylic acids is 4. The fourth-order valence-electron chi connectivity index (χ4n) is 6.20. The molecule has 1 saturated carbocycles. The highest BCUT2D eigenvalue weighted by molar-refractivity contribution is 6.24. The first-order valence-corrected chi connectivity index (χ1v) is 12.0. The third-order valence-electron chi connectivity index (χ3n) is 7.91. The summed E-state index contributed by atoms with van der Waals surface area (Å²) in [5, 5.41) is 45.2. The Bertz CT molecular complexity index is 1350. The maximum absolute atomic E-state index is 13.9. The van der Waals surface area contributed by atoms with E-state index in [1.165, 1.54) is 25.9 Å². The summed E-state index contributed by atoms with van der Waals surface area (Å²) < 4.78 is 0. The molecule has 10 heteroatoms. The topological polar surface area (TPSA) is 178 Å². The average Bonchev–Trinajstić information content (AvgIpc) is 2.74. The van der Waals surface area contributed by atoms with E-state index in [0.29, 0.717) is 16.7 Å². The Morgan fingerprint density at radius 1 is 1.14 bits per heavy atom. The second-order valence-electron chi connectivity index (χ2n) is 11.4. The van der Waals surface area contributed by atoms with Crippen LogP contribution < -0.4 is 5.73 Å². The minimum atomic E-state index is -2.70. The molecule has 0 bridgehead atoms. The fraction of sp³-hybridized carbons (Fsp3) is 0.481. The van der Waals surface area contributed by atoms with Crippen molar-refractivity contribution in [3.8, 4) is 5.75 Å². The number of aliphatic hydroxyl groups excluding tert-OH is 2. The van der Waals surface area contributed by atoms with Gasteiger partial charge in [-0.05, 0) is 56.8 Å². The van der Waals surface area contributed by atoms with Crippen molar-refractivity contribution in [2.24, 2.45) is 17.6 Å². The number of aliphatic hydroxyl groups is 3. The predicted molar refractivity (Wildman–Crippen MR) is 133 cm³/mol. The van der Waals surface area contributed by atoms with Crippen molar-refractivity contribution in [3.63, 3.8) is 0 Å². The number of carbonyl (C=O) groups is 4. The Balaban J connectivity index is 2.04. The minimum Gasteiger partial charge on any atom is -0.508 e. The van der Waals surface area contributed by atoms with Crippen molar-refractivity contribution in [1.82, 2.24) is 4.90 Å². The van der Waals surface area contributed by atoms with E-state index in [2.05, 4.69) is 0 Å². The number of Topliss-reactive ketones (excluding diaryl/α,β-unsaturated/α-hetero) is 3. The number of aromatic hydroxyl groups is 1. The van der Waals surface area contributed by atoms with Crippen molar-refractivity contribution in [2.45, 2.75) is 57.6 Å². The van der Waals surface area contributed by atoms with E-state index in [4.69, 9.17) is 5.73 Å². The number of primary amides is 1. The quantitative estimate of drug-likeness (QED) is 0.296. The molecule has 0 radical (unpaired) electrons. The lowest BCUT2D eigenvalue weighted by Crippen LogP contribution is -2.65. The molecule has 3 aliphatic rings. The lowest BCUT2D eigenvalue weighted by molar-refractivity contribution is -0.153. The summed E-state index contributed by atoms with van der Waals surface area (Å²) in [5.74, 6) is -7.43. The molecule has 3 aliphatic carbocycles. The first kappa shape index (κ1) is 26.6. The molecule has 1 amide bonds. The van der Waals surface area contributed by atoms with Crippen LogP contribution in [0.15, 0.2) is 23.0 Å². The van der Waals surface area contributed by atoms with Crippen LogP contribution >= 0.6 is 0 Å². The van der Waals surface area contributed by atoms with Crippen molar-refractivity contribution < 1.29 is 39.6 Å². The van der Waals surface area contributed by atoms with Crippen molar-refractivity contribution in [2.75, 3.05) is 14.1 Å². The van der Waals surface area contributed by atoms with Gasteiger partial charge < -0.3 is 26.2 Å². The molecule has 0 aromatic heterocycles. The molecule has 6 N–H and O–H groups in total. The van der Waals surface area contributed by atoms with E-state index in [1.54, 1.807) is 6.07 Å². The van der Waals surface area contributed by atoms with E-state index in [-0.39, 0.29) is 35.5 Å². The lowest BCUT2D eigenvalue weighted by atomic mass is 9.57. The molecule has 0 saturated heterocycles. The number of phenols is 1. The molecular formula is C27H32N2O8. The summed E-state index contributed by atoms with van der Waals surface area (Å²) in [7, 11) is 3.07. The van der Waals surface area contributed by atoms with Crippen LogP contribution in [0.4, 0.5) is 0 Å². The van der Waals surface area contributed by atoms with E-state index in [9.17, 15) is 39.6 Å². The Morgan fingerprint density at radius 3 is 2.22 bits per heavy atom. The second kappa shape index (κ2) is 8.26. The number of ketones is 3. The van der Waals surface area contributed by atoms with Gasteiger partial charge in [0.1, 0.15) is 22.8 Å². The van der Waals surface area contributed by atoms with Gasteiger partial charge in [0.05, 0.1) is 11.6 Å². The van der Waals surface area contributed by atoms with Crippen LogP contribution in [-0.4, -0.2) is 74.3 Å². The molecule has 4 rings (SSSR count). The summed E-state index contributed by atoms with van der Waals surface area (Å²) >= 11 is 0. The van der Waals surface area contributed by atoms with Gasteiger partial charge in [-0.1, -0.05) is 20.8 Å². The molecule has 198 valence electrons. The number of nitrogens with zero attached hydrogens (tertiary/aromatic N) is 1. The smallest absolute Gasteiger partial charge is 0.255 e. The molecule has 1 aromatic carbocycles. The summed E-state index contributed by atoms with van der Waals surface area (Å²) in [6, 6.07) is 0.428. The summed E-state index contributed by atoms with van der Waals surface area (Å²) in [4.78, 5) is 53.2. The molecule has 0 aliphatic heterocycles. The zero-order chi connectivity index (χ0) is 27.9. The zero-order valence-electron chi connectivity index (χ0n) is 21.7. The highest BCUT2D eigenvalue weighted by atomic mass is 16.3. The van der Waals surface area contributed by atoms with Gasteiger partial charge in [-0.2, -0.15) is 0 Å². The van der Waals surface area contributed by atoms with Gasteiger partial charge >= 0.3 is 0 Å². The normalized spacial score (nSPS) is 27.7. The van der Waals surface area contributed by atoms with Crippen molar-refractivity contribution in [1.29, 1.82) is 0 Å². The molecule has 1 fully saturated rings. The Labute approximate surface area is 214 Å². The van der Waals surface area contributed by atoms with Gasteiger partial charge in [-0.15, -0.1) is 0 Å². The summed E-state index contributed by atoms with van der Waals surface area (Å²) in [6.07, 6.45) is 0.0341. The first-order chi connectivity index (χ1) is 17.0. The first-order valence-electron chi connectivity index (χ1n) is 12.0. The van der Waals surface area contributed by atoms with Gasteiger partial charge in [0.15, 0.2) is 17.2 Å². The number of fused-ring (bicyclic) bond motifs is 3. The third kappa shape index (κ3) is 3.53. The number of hydrogen-bond donors (Lipinski definition) is 5. The second-order valence-corrected chi connectivity index (χ2v) is 11.4. The van der Waals surface area contributed by atoms with E-state index in [0.717, 1.165) is 0 Å². The van der Waals surface area contributed by atoms with Crippen LogP contribution in [0, 0.1) is 11.8 Å². The summed E-state index contributed by atoms with van der Waals surface area (Å²) in [5.41, 5.74) is 1.87. The van der Waals surface area contributed by atoms with E-state index >= 15 is 0 Å². The molecule has 10 nitrogen and oxygen atoms in total. The van der Waals surface area contributed by atoms with Crippen LogP contribution in [0.3, 0.4) is 0 Å². The lowest BCUT2D eigenvalue weighted by Gasteiger charge is -2.50. The highest BCUT2D eigenvalue weighted by Crippen LogP contribution is 2.54. The van der Waals surface area contributed by atoms with Gasteiger partial charge in [0, 0.05) is 22.6 Å². The number of nitrogens with two attached hydrogens (primary N) is 1. The molecular weight excluding hydrogens is 480 g/mol. The van der Waals surface area contributed by atoms with Crippen LogP contribution in [0.25, 0.3) is 5.76 Å². The monoisotopic (exact) mass is 512 g/mol. The number of benzene rings is 1. The fourth-order valence-corrected chi connectivity index (χ4v) is 6.20. The molecule has 4 atom stereocenters. The predicted octanol–water partition coefficient (Wildman–Crippen LogP) is 1.46. The van der Waals surface area contributed by atoms with Gasteiger partial charge in [0.25, 0.3) is 5.91 Å². The Kier molecular flexibility index (Phi) is 5.93. The van der Waals surface area contributed by atoms with E-state index in [1.807, 2.05) is 20.8 Å². The maximum atomic E-state index is 13.9. The standard InChI is InChI=1S/C27H32N2O8/c1-10(30)12-9-15(26(2,3)4)20(31)17-13(12)7-11-8-14-19(29(5)6)22(33)18(25(28)36)24(35)27(14,37)23(34)16(11)21(17)32/h9,11,14,19,31-32,35,37H,7-8H2,1-6H3,(H2,28,36)/t11-,14-,19-,27-/m0/s1. The Morgan fingerprint density at radius 2 is 1.73 bits per heavy atom. The van der Waals surface area contributed by atoms with Crippen LogP contribution in [0.2, 0.25) is 0 Å². The number of phenolic OH excluding ortho intramolecular Hbond substituents is 1. The SMILES string of the molecule is CC(=O)c1cc(C(C)(C)C)c(O)c2c1C[C@H]1C[C@H]3[C@H](N(C)C)C(=O)C(C(N)=O)=C(O)[C@@]3(O)C(=O)C1=C2O. The zero-order valence-corrected chi connectivity index (χ0v) is 21.7. The van der Waals surface area contributed by atoms with Gasteiger partial charge in [0.2, 0.25) is 5.78 Å². The molecule has 0 heterocycles. The number of hydrogen-bond acceptors (Lipinski definition) is 9. The van der Waals surface area contributed by atoms with Crippen molar-refractivity contribution in [3.05, 3.63) is 45.2 Å². The van der Waals surface area contributed by atoms with Crippen molar-refractivity contribution >= 4 is 29.0 Å². The molecule has 0 unspecified atom stereocenters. The van der Waals surface area contributed by atoms with E-state index < -0.39 is 63.5 Å².